The maximum absolute atomic E-state index is 12.0. The molecule has 3 atom stereocenters. The van der Waals surface area contributed by atoms with E-state index in [0.29, 0.717) is 27.3 Å². The summed E-state index contributed by atoms with van der Waals surface area (Å²) in [5.74, 6) is 0.335. The second kappa shape index (κ2) is 22.6. The third kappa shape index (κ3) is 14.7. The molecule has 3 unspecified atom stereocenters. The quantitative estimate of drug-likeness (QED) is 0.0684. The van der Waals surface area contributed by atoms with Gasteiger partial charge >= 0.3 is 11.9 Å². The molecular formula is C37H48O8S6. The molecule has 51 heavy (non-hydrogen) atoms. The third-order valence-electron chi connectivity index (χ3n) is 7.96. The van der Waals surface area contributed by atoms with E-state index < -0.39 is 24.1 Å². The zero-order valence-electron chi connectivity index (χ0n) is 29.4. The van der Waals surface area contributed by atoms with E-state index in [2.05, 4.69) is 33.9 Å². The van der Waals surface area contributed by atoms with Gasteiger partial charge in [0.25, 0.3) is 0 Å². The molecule has 14 heteroatoms. The molecule has 0 bridgehead atoms. The second-order valence-corrected chi connectivity index (χ2v) is 20.7. The summed E-state index contributed by atoms with van der Waals surface area (Å²) in [5.41, 5.74) is 1.90. The van der Waals surface area contributed by atoms with Crippen molar-refractivity contribution in [3.8, 4) is 11.5 Å². The lowest BCUT2D eigenvalue weighted by molar-refractivity contribution is -0.149. The van der Waals surface area contributed by atoms with Crippen LogP contribution in [0.25, 0.3) is 0 Å². The summed E-state index contributed by atoms with van der Waals surface area (Å²) in [4.78, 5) is 23.9. The minimum Gasteiger partial charge on any atom is -0.490 e. The molecule has 280 valence electrons. The molecule has 0 aromatic heterocycles. The molecule has 2 heterocycles. The summed E-state index contributed by atoms with van der Waals surface area (Å²) < 4.78 is 36.0. The van der Waals surface area contributed by atoms with Crippen molar-refractivity contribution in [2.75, 3.05) is 53.4 Å². The number of rotatable bonds is 21. The van der Waals surface area contributed by atoms with E-state index >= 15 is 0 Å². The van der Waals surface area contributed by atoms with Gasteiger partial charge in [-0.15, -0.1) is 70.6 Å². The molecule has 0 aliphatic carbocycles. The monoisotopic (exact) mass is 812 g/mol. The predicted octanol–water partition coefficient (Wildman–Crippen LogP) is 8.69. The lowest BCUT2D eigenvalue weighted by Gasteiger charge is -2.28. The molecular weight excluding hydrogens is 765 g/mol. The van der Waals surface area contributed by atoms with Crippen LogP contribution in [0.15, 0.2) is 73.8 Å². The summed E-state index contributed by atoms with van der Waals surface area (Å²) in [5, 5.41) is 4.36. The van der Waals surface area contributed by atoms with Crippen LogP contribution in [-0.4, -0.2) is 92.8 Å². The van der Waals surface area contributed by atoms with Gasteiger partial charge in [-0.25, -0.2) is 9.59 Å². The Hall–Kier alpha value is -1.52. The zero-order valence-corrected chi connectivity index (χ0v) is 34.3. The van der Waals surface area contributed by atoms with E-state index in [-0.39, 0.29) is 37.9 Å². The van der Waals surface area contributed by atoms with E-state index in [9.17, 15) is 9.59 Å². The first-order valence-electron chi connectivity index (χ1n) is 16.6. The van der Waals surface area contributed by atoms with E-state index in [1.807, 2.05) is 119 Å². The van der Waals surface area contributed by atoms with Gasteiger partial charge in [0.05, 0.1) is 28.5 Å². The van der Waals surface area contributed by atoms with Gasteiger partial charge in [0.2, 0.25) is 0 Å². The number of ether oxygens (including phenoxy) is 6. The van der Waals surface area contributed by atoms with Crippen LogP contribution in [0.5, 0.6) is 11.5 Å². The van der Waals surface area contributed by atoms with E-state index in [4.69, 9.17) is 28.4 Å². The fourth-order valence-electron chi connectivity index (χ4n) is 4.95. The van der Waals surface area contributed by atoms with E-state index in [0.717, 1.165) is 50.0 Å². The highest BCUT2D eigenvalue weighted by molar-refractivity contribution is 8.33. The molecule has 0 amide bonds. The fourth-order valence-corrected chi connectivity index (χ4v) is 14.5. The van der Waals surface area contributed by atoms with Gasteiger partial charge in [-0.3, -0.25) is 0 Å². The minimum absolute atomic E-state index is 0.0187. The smallest absolute Gasteiger partial charge is 0.330 e. The van der Waals surface area contributed by atoms with Crippen LogP contribution in [0.1, 0.15) is 38.3 Å². The largest absolute Gasteiger partial charge is 0.490 e. The van der Waals surface area contributed by atoms with Crippen molar-refractivity contribution in [2.45, 2.75) is 60.1 Å². The number of carbonyl (C=O) groups is 2. The summed E-state index contributed by atoms with van der Waals surface area (Å²) in [6.07, 6.45) is 2.16. The van der Waals surface area contributed by atoms with Crippen molar-refractivity contribution in [3.05, 3.63) is 85.0 Å². The molecule has 4 rings (SSSR count). The predicted molar refractivity (Wildman–Crippen MR) is 220 cm³/mol. The van der Waals surface area contributed by atoms with Crippen molar-refractivity contribution < 1.29 is 38.0 Å². The van der Waals surface area contributed by atoms with Crippen LogP contribution in [0.3, 0.4) is 0 Å². The van der Waals surface area contributed by atoms with Crippen LogP contribution in [0, 0.1) is 0 Å². The Morgan fingerprint density at radius 1 is 0.745 bits per heavy atom. The Labute approximate surface area is 328 Å². The standard InChI is InChI=1S/C37H48O8S6/c1-6-33(38)44-31(18-40-17-16-35-48-22-46-23-49-35)20-42-29-12-8-27(9-13-29)37(4,5)28-10-14-30(15-11-28)43-21-32(45-34(39)7-2)19-41-26(3)36-50-24-47-25-51-36/h6-15,26,31-32,35-36H,1-2,16-25H2,3-5H3. The summed E-state index contributed by atoms with van der Waals surface area (Å²) in [6.45, 7) is 14.8. The van der Waals surface area contributed by atoms with Crippen molar-refractivity contribution >= 4 is 82.5 Å². The zero-order chi connectivity index (χ0) is 36.5. The molecule has 0 radical (unpaired) electrons. The second-order valence-electron chi connectivity index (χ2n) is 12.1. The molecule has 8 nitrogen and oxygen atoms in total. The Bertz CT molecular complexity index is 1360. The van der Waals surface area contributed by atoms with Crippen LogP contribution in [0.2, 0.25) is 0 Å². The third-order valence-corrected chi connectivity index (χ3v) is 17.1. The number of hydrogen-bond donors (Lipinski definition) is 0. The highest BCUT2D eigenvalue weighted by Crippen LogP contribution is 2.39. The molecule has 2 aromatic rings. The van der Waals surface area contributed by atoms with Crippen molar-refractivity contribution in [1.29, 1.82) is 0 Å². The molecule has 0 spiro atoms. The molecule has 2 aromatic carbocycles. The van der Waals surface area contributed by atoms with Crippen LogP contribution < -0.4 is 9.47 Å². The number of esters is 2. The molecule has 2 aliphatic heterocycles. The average molecular weight is 813 g/mol. The lowest BCUT2D eigenvalue weighted by Crippen LogP contribution is -2.33. The molecule has 2 fully saturated rings. The Kier molecular flexibility index (Phi) is 18.7. The van der Waals surface area contributed by atoms with E-state index in [1.165, 1.54) is 0 Å². The fraction of sp³-hybridized carbons (Fsp3) is 0.514. The summed E-state index contributed by atoms with van der Waals surface area (Å²) in [6, 6.07) is 15.9. The number of thioether (sulfide) groups is 6. The maximum Gasteiger partial charge on any atom is 0.330 e. The summed E-state index contributed by atoms with van der Waals surface area (Å²) in [7, 11) is 0. The lowest BCUT2D eigenvalue weighted by atomic mass is 9.78. The molecule has 0 N–H and O–H groups in total. The molecule has 0 saturated carbocycles. The van der Waals surface area contributed by atoms with Crippen LogP contribution in [-0.2, 0) is 34.0 Å². The van der Waals surface area contributed by atoms with Gasteiger partial charge in [-0.05, 0) is 48.7 Å². The van der Waals surface area contributed by atoms with Crippen molar-refractivity contribution in [1.82, 2.24) is 0 Å². The number of benzene rings is 2. The SMILES string of the molecule is C=CC(=O)OC(COCCC1SCSCS1)COc1ccc(C(C)(C)c2ccc(OCC(COC(C)C3SCSCS3)OC(=O)C=C)cc2)cc1. The Morgan fingerprint density at radius 3 is 1.71 bits per heavy atom. The highest BCUT2D eigenvalue weighted by atomic mass is 32.3. The highest BCUT2D eigenvalue weighted by Gasteiger charge is 2.26. The van der Waals surface area contributed by atoms with Gasteiger partial charge in [-0.2, -0.15) is 0 Å². The number of carbonyl (C=O) groups excluding carboxylic acids is 2. The maximum atomic E-state index is 12.0. The topological polar surface area (TPSA) is 89.5 Å². The normalized spacial score (nSPS) is 17.5. The molecule has 2 saturated heterocycles. The first-order valence-corrected chi connectivity index (χ1v) is 23.1. The van der Waals surface area contributed by atoms with Gasteiger partial charge < -0.3 is 28.4 Å². The van der Waals surface area contributed by atoms with Crippen molar-refractivity contribution in [2.24, 2.45) is 0 Å². The van der Waals surface area contributed by atoms with Gasteiger partial charge in [0, 0.05) is 44.5 Å². The van der Waals surface area contributed by atoms with E-state index in [1.54, 1.807) is 0 Å². The van der Waals surface area contributed by atoms with Crippen LogP contribution in [0.4, 0.5) is 0 Å². The van der Waals surface area contributed by atoms with Crippen LogP contribution >= 0.6 is 70.6 Å². The average Bonchev–Trinajstić information content (AvgIpc) is 3.17. The Balaban J connectivity index is 1.27. The van der Waals surface area contributed by atoms with Gasteiger partial charge in [0.1, 0.15) is 24.7 Å². The minimum atomic E-state index is -0.566. The van der Waals surface area contributed by atoms with Gasteiger partial charge in [-0.1, -0.05) is 51.3 Å². The van der Waals surface area contributed by atoms with Crippen molar-refractivity contribution in [3.63, 3.8) is 0 Å². The molecule has 2 aliphatic rings. The first kappa shape index (κ1) is 42.2. The summed E-state index contributed by atoms with van der Waals surface area (Å²) >= 11 is 11.5. The Morgan fingerprint density at radius 2 is 1.22 bits per heavy atom. The number of hydrogen-bond acceptors (Lipinski definition) is 14. The van der Waals surface area contributed by atoms with Gasteiger partial charge in [0.15, 0.2) is 12.2 Å². The first-order chi connectivity index (χ1) is 24.7.